The normalized spacial score (nSPS) is 11.5. The van der Waals surface area contributed by atoms with Crippen molar-refractivity contribution in [3.8, 4) is 0 Å². The Balaban J connectivity index is 2.95. The molecule has 0 fully saturated rings. The number of hydrogen-bond donors (Lipinski definition) is 1. The average molecular weight is 228 g/mol. The van der Waals surface area contributed by atoms with Crippen LogP contribution >= 0.6 is 11.6 Å². The number of nitrogens with zero attached hydrogens (tertiary/aromatic N) is 2. The first-order chi connectivity index (χ1) is 6.93. The van der Waals surface area contributed by atoms with Gasteiger partial charge in [0, 0.05) is 18.0 Å². The average Bonchev–Trinajstić information content (AvgIpc) is 2.12. The molecule has 0 unspecified atom stereocenters. The van der Waals surface area contributed by atoms with Crippen LogP contribution in [0.3, 0.4) is 0 Å². The first kappa shape index (κ1) is 12.2. The Morgan fingerprint density at radius 2 is 2.00 bits per heavy atom. The lowest BCUT2D eigenvalue weighted by molar-refractivity contribution is 0.546. The van der Waals surface area contributed by atoms with Gasteiger partial charge in [-0.25, -0.2) is 9.97 Å². The summed E-state index contributed by atoms with van der Waals surface area (Å²) in [6.45, 7) is 9.23. The lowest BCUT2D eigenvalue weighted by atomic mass is 9.96. The third-order valence-electron chi connectivity index (χ3n) is 1.92. The van der Waals surface area contributed by atoms with Gasteiger partial charge in [0.15, 0.2) is 0 Å². The SMILES string of the molecule is CCCNc1cc(Cl)nc(C(C)(C)C)n1. The van der Waals surface area contributed by atoms with E-state index in [1.807, 2.05) is 0 Å². The maximum absolute atomic E-state index is 5.94. The Hall–Kier alpha value is -0.830. The van der Waals surface area contributed by atoms with Gasteiger partial charge in [0.05, 0.1) is 0 Å². The minimum atomic E-state index is -0.0758. The Morgan fingerprint density at radius 3 is 2.53 bits per heavy atom. The molecule has 1 aromatic heterocycles. The van der Waals surface area contributed by atoms with Crippen molar-refractivity contribution in [2.24, 2.45) is 0 Å². The lowest BCUT2D eigenvalue weighted by Gasteiger charge is -2.17. The lowest BCUT2D eigenvalue weighted by Crippen LogP contribution is -2.17. The van der Waals surface area contributed by atoms with E-state index < -0.39 is 0 Å². The maximum atomic E-state index is 5.94. The highest BCUT2D eigenvalue weighted by Gasteiger charge is 2.18. The molecular formula is C11H18ClN3. The largest absolute Gasteiger partial charge is 0.370 e. The molecule has 0 bridgehead atoms. The molecule has 0 saturated carbocycles. The number of halogens is 1. The predicted molar refractivity (Wildman–Crippen MR) is 64.5 cm³/mol. The highest BCUT2D eigenvalue weighted by Crippen LogP contribution is 2.22. The van der Waals surface area contributed by atoms with Gasteiger partial charge in [0.25, 0.3) is 0 Å². The van der Waals surface area contributed by atoms with Gasteiger partial charge in [-0.1, -0.05) is 39.3 Å². The Bertz CT molecular complexity index is 331. The van der Waals surface area contributed by atoms with Gasteiger partial charge >= 0.3 is 0 Å². The minimum absolute atomic E-state index is 0.0758. The number of aromatic nitrogens is 2. The summed E-state index contributed by atoms with van der Waals surface area (Å²) in [4.78, 5) is 8.66. The molecule has 0 aliphatic carbocycles. The van der Waals surface area contributed by atoms with E-state index in [4.69, 9.17) is 11.6 Å². The fraction of sp³-hybridized carbons (Fsp3) is 0.636. The van der Waals surface area contributed by atoms with Crippen LogP contribution in [0.25, 0.3) is 0 Å². The molecule has 0 atom stereocenters. The van der Waals surface area contributed by atoms with Crippen molar-refractivity contribution in [2.45, 2.75) is 39.5 Å². The summed E-state index contributed by atoms with van der Waals surface area (Å²) < 4.78 is 0. The summed E-state index contributed by atoms with van der Waals surface area (Å²) in [7, 11) is 0. The Labute approximate surface area is 96.3 Å². The highest BCUT2D eigenvalue weighted by molar-refractivity contribution is 6.29. The molecular weight excluding hydrogens is 210 g/mol. The Morgan fingerprint density at radius 1 is 1.33 bits per heavy atom. The zero-order valence-electron chi connectivity index (χ0n) is 9.76. The first-order valence-corrected chi connectivity index (χ1v) is 5.60. The number of hydrogen-bond acceptors (Lipinski definition) is 3. The van der Waals surface area contributed by atoms with E-state index in [1.165, 1.54) is 0 Å². The van der Waals surface area contributed by atoms with Gasteiger partial charge < -0.3 is 5.32 Å². The summed E-state index contributed by atoms with van der Waals surface area (Å²) in [6.07, 6.45) is 1.06. The van der Waals surface area contributed by atoms with Crippen molar-refractivity contribution in [1.29, 1.82) is 0 Å². The van der Waals surface area contributed by atoms with Crippen molar-refractivity contribution in [3.63, 3.8) is 0 Å². The molecule has 0 aromatic carbocycles. The van der Waals surface area contributed by atoms with E-state index in [0.29, 0.717) is 5.15 Å². The van der Waals surface area contributed by atoms with Crippen molar-refractivity contribution in [2.75, 3.05) is 11.9 Å². The van der Waals surface area contributed by atoms with E-state index in [9.17, 15) is 0 Å². The second-order valence-corrected chi connectivity index (χ2v) is 4.96. The van der Waals surface area contributed by atoms with Crippen LogP contribution in [0.5, 0.6) is 0 Å². The number of anilines is 1. The standard InChI is InChI=1S/C11H18ClN3/c1-5-6-13-9-7-8(12)14-10(15-9)11(2,3)4/h7H,5-6H2,1-4H3,(H,13,14,15). The van der Waals surface area contributed by atoms with Gasteiger partial charge in [-0.2, -0.15) is 0 Å². The van der Waals surface area contributed by atoms with Gasteiger partial charge in [-0.05, 0) is 6.42 Å². The summed E-state index contributed by atoms with van der Waals surface area (Å²) in [5, 5.41) is 3.71. The Kier molecular flexibility index (Phi) is 3.91. The molecule has 3 nitrogen and oxygen atoms in total. The second kappa shape index (κ2) is 4.79. The molecule has 84 valence electrons. The summed E-state index contributed by atoms with van der Waals surface area (Å²) in [5.41, 5.74) is -0.0758. The molecule has 0 aliphatic rings. The third-order valence-corrected chi connectivity index (χ3v) is 2.12. The van der Waals surface area contributed by atoms with Crippen LogP contribution in [0.15, 0.2) is 6.07 Å². The van der Waals surface area contributed by atoms with E-state index >= 15 is 0 Å². The second-order valence-electron chi connectivity index (χ2n) is 4.58. The molecule has 1 N–H and O–H groups in total. The smallest absolute Gasteiger partial charge is 0.137 e. The summed E-state index contributed by atoms with van der Waals surface area (Å²) in [5.74, 6) is 1.58. The monoisotopic (exact) mass is 227 g/mol. The van der Waals surface area contributed by atoms with Gasteiger partial charge in [0.1, 0.15) is 16.8 Å². The number of rotatable bonds is 3. The molecule has 0 amide bonds. The minimum Gasteiger partial charge on any atom is -0.370 e. The molecule has 4 heteroatoms. The quantitative estimate of drug-likeness (QED) is 0.806. The summed E-state index contributed by atoms with van der Waals surface area (Å²) >= 11 is 5.94. The van der Waals surface area contributed by atoms with Crippen LogP contribution in [-0.4, -0.2) is 16.5 Å². The topological polar surface area (TPSA) is 37.8 Å². The molecule has 1 aromatic rings. The molecule has 0 saturated heterocycles. The zero-order valence-corrected chi connectivity index (χ0v) is 10.5. The predicted octanol–water partition coefficient (Wildman–Crippen LogP) is 3.25. The van der Waals surface area contributed by atoms with Gasteiger partial charge in [-0.3, -0.25) is 0 Å². The van der Waals surface area contributed by atoms with Gasteiger partial charge in [0.2, 0.25) is 0 Å². The summed E-state index contributed by atoms with van der Waals surface area (Å²) in [6, 6.07) is 1.76. The highest BCUT2D eigenvalue weighted by atomic mass is 35.5. The fourth-order valence-electron chi connectivity index (χ4n) is 1.10. The molecule has 1 heterocycles. The van der Waals surface area contributed by atoms with Crippen molar-refractivity contribution < 1.29 is 0 Å². The van der Waals surface area contributed by atoms with Crippen LogP contribution < -0.4 is 5.32 Å². The molecule has 0 spiro atoms. The maximum Gasteiger partial charge on any atom is 0.137 e. The van der Waals surface area contributed by atoms with E-state index in [1.54, 1.807) is 6.07 Å². The van der Waals surface area contributed by atoms with E-state index in [-0.39, 0.29) is 5.41 Å². The first-order valence-electron chi connectivity index (χ1n) is 5.22. The fourth-order valence-corrected chi connectivity index (χ4v) is 1.28. The molecule has 15 heavy (non-hydrogen) atoms. The van der Waals surface area contributed by atoms with Crippen LogP contribution in [0.2, 0.25) is 5.15 Å². The van der Waals surface area contributed by atoms with E-state index in [2.05, 4.69) is 43.0 Å². The number of nitrogens with one attached hydrogen (secondary N) is 1. The van der Waals surface area contributed by atoms with E-state index in [0.717, 1.165) is 24.6 Å². The van der Waals surface area contributed by atoms with Crippen molar-refractivity contribution in [1.82, 2.24) is 9.97 Å². The van der Waals surface area contributed by atoms with Crippen molar-refractivity contribution >= 4 is 17.4 Å². The molecule has 0 aliphatic heterocycles. The van der Waals surface area contributed by atoms with Gasteiger partial charge in [-0.15, -0.1) is 0 Å². The molecule has 1 rings (SSSR count). The van der Waals surface area contributed by atoms with Crippen LogP contribution in [-0.2, 0) is 5.41 Å². The third kappa shape index (κ3) is 3.67. The van der Waals surface area contributed by atoms with Crippen LogP contribution in [0, 0.1) is 0 Å². The van der Waals surface area contributed by atoms with Crippen molar-refractivity contribution in [3.05, 3.63) is 17.0 Å². The molecule has 0 radical (unpaired) electrons. The zero-order chi connectivity index (χ0) is 11.5. The van der Waals surface area contributed by atoms with Crippen LogP contribution in [0.1, 0.15) is 39.9 Å². The van der Waals surface area contributed by atoms with Crippen LogP contribution in [0.4, 0.5) is 5.82 Å².